The highest BCUT2D eigenvalue weighted by Crippen LogP contribution is 2.22. The van der Waals surface area contributed by atoms with Gasteiger partial charge in [0, 0.05) is 24.6 Å². The van der Waals surface area contributed by atoms with Crippen LogP contribution in [-0.4, -0.2) is 29.2 Å². The molecule has 4 nitrogen and oxygen atoms in total. The Balaban J connectivity index is 1.51. The first-order valence-electron chi connectivity index (χ1n) is 9.15. The van der Waals surface area contributed by atoms with Crippen molar-refractivity contribution in [2.24, 2.45) is 5.16 Å². The maximum Gasteiger partial charge on any atom is 0.264 e. The summed E-state index contributed by atoms with van der Waals surface area (Å²) in [5, 5.41) is 5.97. The van der Waals surface area contributed by atoms with E-state index in [1.54, 1.807) is 12.1 Å². The van der Waals surface area contributed by atoms with Crippen LogP contribution in [-0.2, 0) is 11.4 Å². The maximum atomic E-state index is 14.2. The van der Waals surface area contributed by atoms with Gasteiger partial charge in [0.1, 0.15) is 11.6 Å². The molecule has 1 aliphatic heterocycles. The predicted octanol–water partition coefficient (Wildman–Crippen LogP) is 4.86. The summed E-state index contributed by atoms with van der Waals surface area (Å²) in [5.74, 6) is -1.55. The second kappa shape index (κ2) is 8.53. The molecule has 0 aliphatic carbocycles. The van der Waals surface area contributed by atoms with Crippen LogP contribution >= 0.6 is 11.3 Å². The molecule has 148 valence electrons. The van der Waals surface area contributed by atoms with Crippen molar-refractivity contribution in [1.82, 2.24) is 4.90 Å². The van der Waals surface area contributed by atoms with Gasteiger partial charge in [-0.25, -0.2) is 8.78 Å². The zero-order valence-corrected chi connectivity index (χ0v) is 16.2. The summed E-state index contributed by atoms with van der Waals surface area (Å²) in [5.41, 5.74) is 2.03. The van der Waals surface area contributed by atoms with Crippen LogP contribution in [0.2, 0.25) is 0 Å². The number of benzene rings is 2. The van der Waals surface area contributed by atoms with Gasteiger partial charge in [0.25, 0.3) is 5.91 Å². The third-order valence-corrected chi connectivity index (χ3v) is 5.52. The highest BCUT2D eigenvalue weighted by atomic mass is 32.1. The van der Waals surface area contributed by atoms with Crippen molar-refractivity contribution >= 4 is 23.0 Å². The SMILES string of the molecule is O=C(c1cccs1)N(Cc1ccc(F)cc1F)C[C@@H]1CC(c2ccccc2)=NO1. The molecular weight excluding hydrogens is 394 g/mol. The van der Waals surface area contributed by atoms with Crippen LogP contribution in [0.1, 0.15) is 27.2 Å². The fraction of sp³-hybridized carbons (Fsp3) is 0.182. The second-order valence-electron chi connectivity index (χ2n) is 6.73. The van der Waals surface area contributed by atoms with Gasteiger partial charge in [0.15, 0.2) is 6.10 Å². The van der Waals surface area contributed by atoms with E-state index in [1.807, 2.05) is 35.7 Å². The van der Waals surface area contributed by atoms with E-state index in [0.29, 0.717) is 11.3 Å². The zero-order chi connectivity index (χ0) is 20.2. The summed E-state index contributed by atoms with van der Waals surface area (Å²) in [6.45, 7) is 0.261. The van der Waals surface area contributed by atoms with Crippen LogP contribution in [0.25, 0.3) is 0 Å². The van der Waals surface area contributed by atoms with E-state index in [1.165, 1.54) is 28.4 Å². The summed E-state index contributed by atoms with van der Waals surface area (Å²) in [7, 11) is 0. The van der Waals surface area contributed by atoms with Crippen molar-refractivity contribution in [3.8, 4) is 0 Å². The number of rotatable bonds is 6. The third kappa shape index (κ3) is 4.51. The Kier molecular flexibility index (Phi) is 5.67. The number of hydrogen-bond donors (Lipinski definition) is 0. The lowest BCUT2D eigenvalue weighted by molar-refractivity contribution is 0.0406. The number of halogens is 2. The molecule has 3 aromatic rings. The lowest BCUT2D eigenvalue weighted by Crippen LogP contribution is -2.37. The number of oxime groups is 1. The summed E-state index contributed by atoms with van der Waals surface area (Å²) < 4.78 is 27.4. The van der Waals surface area contributed by atoms with Crippen LogP contribution in [0.5, 0.6) is 0 Å². The first-order chi connectivity index (χ1) is 14.1. The number of carbonyl (C=O) groups is 1. The molecule has 2 heterocycles. The smallest absolute Gasteiger partial charge is 0.264 e. The molecule has 0 bridgehead atoms. The first-order valence-corrected chi connectivity index (χ1v) is 10.0. The Morgan fingerprint density at radius 2 is 1.97 bits per heavy atom. The largest absolute Gasteiger partial charge is 0.390 e. The fourth-order valence-corrected chi connectivity index (χ4v) is 3.89. The minimum absolute atomic E-state index is 0.0172. The average Bonchev–Trinajstić information content (AvgIpc) is 3.42. The Bertz CT molecular complexity index is 1020. The number of thiophene rings is 1. The van der Waals surface area contributed by atoms with E-state index in [0.717, 1.165) is 17.3 Å². The van der Waals surface area contributed by atoms with Crippen LogP contribution in [0, 0.1) is 11.6 Å². The zero-order valence-electron chi connectivity index (χ0n) is 15.4. The summed E-state index contributed by atoms with van der Waals surface area (Å²) in [6, 6.07) is 16.6. The van der Waals surface area contributed by atoms with Gasteiger partial charge in [-0.05, 0) is 23.1 Å². The fourth-order valence-electron chi connectivity index (χ4n) is 3.20. The average molecular weight is 412 g/mol. The topological polar surface area (TPSA) is 41.9 Å². The molecule has 2 aromatic carbocycles. The number of nitrogens with zero attached hydrogens (tertiary/aromatic N) is 2. The number of hydrogen-bond acceptors (Lipinski definition) is 4. The molecular formula is C22H18F2N2O2S. The molecule has 0 radical (unpaired) electrons. The molecule has 1 atom stereocenters. The molecule has 0 unspecified atom stereocenters. The molecule has 29 heavy (non-hydrogen) atoms. The molecule has 4 rings (SSSR count). The van der Waals surface area contributed by atoms with E-state index in [-0.39, 0.29) is 30.7 Å². The lowest BCUT2D eigenvalue weighted by atomic mass is 10.0. The minimum Gasteiger partial charge on any atom is -0.390 e. The maximum absolute atomic E-state index is 14.2. The molecule has 1 aliphatic rings. The van der Waals surface area contributed by atoms with E-state index in [2.05, 4.69) is 5.16 Å². The van der Waals surface area contributed by atoms with Gasteiger partial charge in [-0.2, -0.15) is 0 Å². The Morgan fingerprint density at radius 3 is 2.69 bits per heavy atom. The van der Waals surface area contributed by atoms with Crippen molar-refractivity contribution in [3.63, 3.8) is 0 Å². The summed E-state index contributed by atoms with van der Waals surface area (Å²) in [4.78, 5) is 20.6. The van der Waals surface area contributed by atoms with Crippen LogP contribution in [0.3, 0.4) is 0 Å². The molecule has 0 fully saturated rings. The van der Waals surface area contributed by atoms with Crippen LogP contribution < -0.4 is 0 Å². The molecule has 1 aromatic heterocycles. The van der Waals surface area contributed by atoms with Crippen LogP contribution in [0.15, 0.2) is 71.2 Å². The normalized spacial score (nSPS) is 15.7. The van der Waals surface area contributed by atoms with Gasteiger partial charge < -0.3 is 9.74 Å². The standard InChI is InChI=1S/C22H18F2N2O2S/c23-17-9-8-16(19(24)11-17)13-26(22(27)21-7-4-10-29-21)14-18-12-20(25-28-18)15-5-2-1-3-6-15/h1-11,18H,12-14H2/t18-/m0/s1. The quantitative estimate of drug-likeness (QED) is 0.580. The first kappa shape index (κ1) is 19.3. The third-order valence-electron chi connectivity index (χ3n) is 4.66. The van der Waals surface area contributed by atoms with Gasteiger partial charge >= 0.3 is 0 Å². The Morgan fingerprint density at radius 1 is 1.14 bits per heavy atom. The Hall–Kier alpha value is -3.06. The molecule has 0 saturated carbocycles. The van der Waals surface area contributed by atoms with Crippen LogP contribution in [0.4, 0.5) is 8.78 Å². The molecule has 0 saturated heterocycles. The van der Waals surface area contributed by atoms with Gasteiger partial charge in [0.2, 0.25) is 0 Å². The van der Waals surface area contributed by atoms with Gasteiger partial charge in [0.05, 0.1) is 17.1 Å². The lowest BCUT2D eigenvalue weighted by Gasteiger charge is -2.24. The minimum atomic E-state index is -0.678. The van der Waals surface area contributed by atoms with Crippen molar-refractivity contribution in [3.05, 3.63) is 93.7 Å². The highest BCUT2D eigenvalue weighted by molar-refractivity contribution is 7.12. The van der Waals surface area contributed by atoms with Crippen molar-refractivity contribution < 1.29 is 18.4 Å². The summed E-state index contributed by atoms with van der Waals surface area (Å²) >= 11 is 1.32. The Labute approximate surface area is 171 Å². The molecule has 1 amide bonds. The molecule has 0 spiro atoms. The van der Waals surface area contributed by atoms with Gasteiger partial charge in [-0.1, -0.05) is 47.6 Å². The molecule has 0 N–H and O–H groups in total. The highest BCUT2D eigenvalue weighted by Gasteiger charge is 2.28. The van der Waals surface area contributed by atoms with E-state index >= 15 is 0 Å². The monoisotopic (exact) mass is 412 g/mol. The van der Waals surface area contributed by atoms with Crippen molar-refractivity contribution in [2.75, 3.05) is 6.54 Å². The van der Waals surface area contributed by atoms with Crippen molar-refractivity contribution in [2.45, 2.75) is 19.1 Å². The van der Waals surface area contributed by atoms with Gasteiger partial charge in [-0.3, -0.25) is 4.79 Å². The molecule has 7 heteroatoms. The van der Waals surface area contributed by atoms with E-state index in [9.17, 15) is 13.6 Å². The van der Waals surface area contributed by atoms with E-state index < -0.39 is 11.6 Å². The van der Waals surface area contributed by atoms with E-state index in [4.69, 9.17) is 4.84 Å². The predicted molar refractivity (Wildman–Crippen MR) is 108 cm³/mol. The number of amides is 1. The van der Waals surface area contributed by atoms with Crippen molar-refractivity contribution in [1.29, 1.82) is 0 Å². The summed E-state index contributed by atoms with van der Waals surface area (Å²) in [6.07, 6.45) is 0.210. The second-order valence-corrected chi connectivity index (χ2v) is 7.68. The van der Waals surface area contributed by atoms with Gasteiger partial charge in [-0.15, -0.1) is 11.3 Å². The number of carbonyl (C=O) groups excluding carboxylic acids is 1.